The van der Waals surface area contributed by atoms with Crippen LogP contribution in [-0.4, -0.2) is 64.4 Å². The van der Waals surface area contributed by atoms with Crippen LogP contribution in [0.25, 0.3) is 0 Å². The Balaban J connectivity index is 2.48. The van der Waals surface area contributed by atoms with E-state index in [9.17, 15) is 0 Å². The molecule has 0 aliphatic heterocycles. The van der Waals surface area contributed by atoms with Crippen molar-refractivity contribution in [3.63, 3.8) is 0 Å². The third-order valence-electron chi connectivity index (χ3n) is 3.70. The van der Waals surface area contributed by atoms with E-state index in [1.165, 1.54) is 0 Å². The topological polar surface area (TPSA) is 58.1 Å². The van der Waals surface area contributed by atoms with Crippen LogP contribution in [0.1, 0.15) is 25.8 Å². The molecule has 0 saturated carbocycles. The van der Waals surface area contributed by atoms with Gasteiger partial charge >= 0.3 is 0 Å². The average molecular weight is 351 g/mol. The Labute approximate surface area is 152 Å². The van der Waals surface area contributed by atoms with E-state index < -0.39 is 0 Å². The highest BCUT2D eigenvalue weighted by Gasteiger charge is 2.04. The Morgan fingerprint density at radius 1 is 1.16 bits per heavy atom. The lowest BCUT2D eigenvalue weighted by Gasteiger charge is -2.18. The van der Waals surface area contributed by atoms with Crippen molar-refractivity contribution in [2.75, 3.05) is 53.6 Å². The van der Waals surface area contributed by atoms with E-state index in [1.54, 1.807) is 7.11 Å². The molecular weight excluding hydrogens is 316 g/mol. The van der Waals surface area contributed by atoms with Gasteiger partial charge in [-0.05, 0) is 33.4 Å². The number of para-hydroxylation sites is 1. The molecular formula is C19H34N4O2. The highest BCUT2D eigenvalue weighted by atomic mass is 16.5. The zero-order valence-electron chi connectivity index (χ0n) is 16.2. The van der Waals surface area contributed by atoms with Gasteiger partial charge in [0.2, 0.25) is 0 Å². The summed E-state index contributed by atoms with van der Waals surface area (Å²) in [7, 11) is 3.87. The Hall–Kier alpha value is -1.79. The number of methoxy groups -OCH3 is 1. The maximum atomic E-state index is 5.66. The van der Waals surface area contributed by atoms with Crippen molar-refractivity contribution in [3.8, 4) is 5.75 Å². The highest BCUT2D eigenvalue weighted by Crippen LogP contribution is 2.18. The molecule has 0 amide bonds. The van der Waals surface area contributed by atoms with Crippen LogP contribution in [0.5, 0.6) is 5.75 Å². The van der Waals surface area contributed by atoms with Gasteiger partial charge in [-0.15, -0.1) is 0 Å². The second kappa shape index (κ2) is 13.5. The number of guanidine groups is 1. The number of rotatable bonds is 12. The van der Waals surface area contributed by atoms with Crippen molar-refractivity contribution >= 4 is 5.96 Å². The van der Waals surface area contributed by atoms with E-state index in [-0.39, 0.29) is 0 Å². The quantitative estimate of drug-likeness (QED) is 0.343. The number of hydrogen-bond acceptors (Lipinski definition) is 4. The minimum absolute atomic E-state index is 0.592. The summed E-state index contributed by atoms with van der Waals surface area (Å²) in [5, 5.41) is 6.68. The zero-order chi connectivity index (χ0) is 18.3. The normalized spacial score (nSPS) is 11.6. The fraction of sp³-hybridized carbons (Fsp3) is 0.632. The van der Waals surface area contributed by atoms with Crippen LogP contribution in [0.3, 0.4) is 0 Å². The lowest BCUT2D eigenvalue weighted by atomic mass is 10.2. The molecule has 0 aromatic heterocycles. The van der Waals surface area contributed by atoms with Gasteiger partial charge in [0, 0.05) is 45.5 Å². The Morgan fingerprint density at radius 2 is 1.96 bits per heavy atom. The van der Waals surface area contributed by atoms with E-state index in [1.807, 2.05) is 25.1 Å². The molecule has 6 heteroatoms. The number of benzene rings is 1. The molecule has 0 radical (unpaired) electrons. The predicted octanol–water partition coefficient (Wildman–Crippen LogP) is 2.11. The number of likely N-dealkylation sites (N-methyl/N-ethyl adjacent to an activating group) is 1. The molecule has 0 spiro atoms. The second-order valence-electron chi connectivity index (χ2n) is 5.81. The van der Waals surface area contributed by atoms with Gasteiger partial charge in [0.25, 0.3) is 0 Å². The minimum Gasteiger partial charge on any atom is -0.494 e. The van der Waals surface area contributed by atoms with E-state index >= 15 is 0 Å². The summed E-state index contributed by atoms with van der Waals surface area (Å²) < 4.78 is 10.7. The fourth-order valence-electron chi connectivity index (χ4n) is 2.39. The smallest absolute Gasteiger partial charge is 0.191 e. The summed E-state index contributed by atoms with van der Waals surface area (Å²) in [6.07, 6.45) is 1.05. The SMILES string of the molecule is CCNC(=NCc1ccccc1OCC)NCCN(C)CCCOC. The van der Waals surface area contributed by atoms with Crippen molar-refractivity contribution in [2.24, 2.45) is 4.99 Å². The molecule has 0 aliphatic carbocycles. The van der Waals surface area contributed by atoms with E-state index in [0.29, 0.717) is 13.2 Å². The first kappa shape index (κ1) is 21.3. The van der Waals surface area contributed by atoms with Crippen LogP contribution < -0.4 is 15.4 Å². The molecule has 0 aliphatic rings. The summed E-state index contributed by atoms with van der Waals surface area (Å²) in [5.74, 6) is 1.74. The molecule has 142 valence electrons. The van der Waals surface area contributed by atoms with Gasteiger partial charge in [-0.2, -0.15) is 0 Å². The summed E-state index contributed by atoms with van der Waals surface area (Å²) in [4.78, 5) is 6.97. The molecule has 1 aromatic rings. The molecule has 0 atom stereocenters. The van der Waals surface area contributed by atoms with Gasteiger partial charge in [0.1, 0.15) is 5.75 Å². The standard InChI is InChI=1S/C19H34N4O2/c1-5-20-19(21-12-14-23(3)13-9-15-24-4)22-16-17-10-7-8-11-18(17)25-6-2/h7-8,10-11H,5-6,9,12-16H2,1-4H3,(H2,20,21,22). The van der Waals surface area contributed by atoms with Crippen LogP contribution in [0.15, 0.2) is 29.3 Å². The number of ether oxygens (including phenoxy) is 2. The van der Waals surface area contributed by atoms with Crippen LogP contribution in [0, 0.1) is 0 Å². The summed E-state index contributed by atoms with van der Waals surface area (Å²) >= 11 is 0. The van der Waals surface area contributed by atoms with Gasteiger partial charge in [0.05, 0.1) is 13.2 Å². The number of nitrogens with one attached hydrogen (secondary N) is 2. The van der Waals surface area contributed by atoms with Crippen LogP contribution in [-0.2, 0) is 11.3 Å². The van der Waals surface area contributed by atoms with Gasteiger partial charge in [-0.3, -0.25) is 0 Å². The van der Waals surface area contributed by atoms with Gasteiger partial charge in [0.15, 0.2) is 5.96 Å². The molecule has 25 heavy (non-hydrogen) atoms. The maximum absolute atomic E-state index is 5.66. The molecule has 6 nitrogen and oxygen atoms in total. The molecule has 0 fully saturated rings. The molecule has 0 heterocycles. The van der Waals surface area contributed by atoms with Crippen molar-refractivity contribution in [1.29, 1.82) is 0 Å². The third-order valence-corrected chi connectivity index (χ3v) is 3.70. The highest BCUT2D eigenvalue weighted by molar-refractivity contribution is 5.79. The van der Waals surface area contributed by atoms with E-state index in [4.69, 9.17) is 9.47 Å². The first-order chi connectivity index (χ1) is 12.2. The van der Waals surface area contributed by atoms with Crippen molar-refractivity contribution < 1.29 is 9.47 Å². The van der Waals surface area contributed by atoms with Crippen molar-refractivity contribution in [3.05, 3.63) is 29.8 Å². The second-order valence-corrected chi connectivity index (χ2v) is 5.81. The Morgan fingerprint density at radius 3 is 2.68 bits per heavy atom. The molecule has 0 unspecified atom stereocenters. The van der Waals surface area contributed by atoms with E-state index in [2.05, 4.69) is 40.6 Å². The molecule has 1 aromatic carbocycles. The summed E-state index contributed by atoms with van der Waals surface area (Å²) in [5.41, 5.74) is 1.10. The number of nitrogens with zero attached hydrogens (tertiary/aromatic N) is 2. The van der Waals surface area contributed by atoms with Crippen molar-refractivity contribution in [1.82, 2.24) is 15.5 Å². The predicted molar refractivity (Wildman–Crippen MR) is 104 cm³/mol. The lowest BCUT2D eigenvalue weighted by molar-refractivity contribution is 0.180. The first-order valence-corrected chi connectivity index (χ1v) is 9.11. The maximum Gasteiger partial charge on any atom is 0.191 e. The Kier molecular flexibility index (Phi) is 11.5. The average Bonchev–Trinajstić information content (AvgIpc) is 2.61. The fourth-order valence-corrected chi connectivity index (χ4v) is 2.39. The van der Waals surface area contributed by atoms with Crippen LogP contribution >= 0.6 is 0 Å². The number of aliphatic imine (C=N–C) groups is 1. The number of hydrogen-bond donors (Lipinski definition) is 2. The molecule has 1 rings (SSSR count). The summed E-state index contributed by atoms with van der Waals surface area (Å²) in [6, 6.07) is 8.05. The van der Waals surface area contributed by atoms with Crippen molar-refractivity contribution in [2.45, 2.75) is 26.8 Å². The molecule has 0 saturated heterocycles. The molecule has 0 bridgehead atoms. The minimum atomic E-state index is 0.592. The monoisotopic (exact) mass is 350 g/mol. The largest absolute Gasteiger partial charge is 0.494 e. The van der Waals surface area contributed by atoms with Gasteiger partial charge < -0.3 is 25.0 Å². The summed E-state index contributed by atoms with van der Waals surface area (Å²) in [6.45, 7) is 9.81. The van der Waals surface area contributed by atoms with Crippen LogP contribution in [0.4, 0.5) is 0 Å². The van der Waals surface area contributed by atoms with Crippen LogP contribution in [0.2, 0.25) is 0 Å². The van der Waals surface area contributed by atoms with Gasteiger partial charge in [-0.1, -0.05) is 18.2 Å². The van der Waals surface area contributed by atoms with E-state index in [0.717, 1.165) is 56.5 Å². The third kappa shape index (κ3) is 9.31. The zero-order valence-corrected chi connectivity index (χ0v) is 16.2. The lowest BCUT2D eigenvalue weighted by Crippen LogP contribution is -2.41. The Bertz CT molecular complexity index is 494. The van der Waals surface area contributed by atoms with Gasteiger partial charge in [-0.25, -0.2) is 4.99 Å². The first-order valence-electron chi connectivity index (χ1n) is 9.11. The molecule has 2 N–H and O–H groups in total.